The molecule has 0 spiro atoms. The van der Waals surface area contributed by atoms with E-state index in [9.17, 15) is 4.79 Å². The van der Waals surface area contributed by atoms with E-state index in [2.05, 4.69) is 10.1 Å². The summed E-state index contributed by atoms with van der Waals surface area (Å²) >= 11 is 5.72. The monoisotopic (exact) mass is 333 g/mol. The van der Waals surface area contributed by atoms with Crippen molar-refractivity contribution in [1.82, 2.24) is 15.0 Å². The van der Waals surface area contributed by atoms with Gasteiger partial charge in [-0.05, 0) is 43.4 Å². The topological polar surface area (TPSA) is 59.2 Å². The number of nitrogens with zero attached hydrogens (tertiary/aromatic N) is 3. The molecule has 2 aromatic heterocycles. The minimum Gasteiger partial charge on any atom is -0.360 e. The molecule has 0 N–H and O–H groups in total. The predicted octanol–water partition coefficient (Wildman–Crippen LogP) is 3.28. The fourth-order valence-electron chi connectivity index (χ4n) is 3.13. The Hall–Kier alpha value is -1.88. The number of hydrogen-bond donors (Lipinski definition) is 0. The summed E-state index contributed by atoms with van der Waals surface area (Å²) in [5, 5.41) is 3.97. The molecule has 0 aliphatic carbocycles. The van der Waals surface area contributed by atoms with Crippen molar-refractivity contribution in [2.75, 3.05) is 6.54 Å². The molecule has 1 fully saturated rings. The van der Waals surface area contributed by atoms with Crippen LogP contribution in [-0.4, -0.2) is 33.5 Å². The first-order valence-electron chi connectivity index (χ1n) is 8.02. The Morgan fingerprint density at radius 2 is 2.17 bits per heavy atom. The van der Waals surface area contributed by atoms with E-state index < -0.39 is 0 Å². The maximum Gasteiger partial charge on any atom is 0.223 e. The maximum absolute atomic E-state index is 12.5. The second-order valence-corrected chi connectivity index (χ2v) is 6.28. The summed E-state index contributed by atoms with van der Waals surface area (Å²) in [7, 11) is 0. The number of rotatable bonds is 6. The third kappa shape index (κ3) is 4.32. The number of amides is 1. The van der Waals surface area contributed by atoms with Crippen LogP contribution in [0.5, 0.6) is 0 Å². The molecular formula is C17H20ClN3O2. The summed E-state index contributed by atoms with van der Waals surface area (Å²) in [4.78, 5) is 18.5. The van der Waals surface area contributed by atoms with E-state index in [0.29, 0.717) is 29.8 Å². The highest BCUT2D eigenvalue weighted by molar-refractivity contribution is 6.29. The Morgan fingerprint density at radius 3 is 2.91 bits per heavy atom. The van der Waals surface area contributed by atoms with Gasteiger partial charge in [0.05, 0.1) is 0 Å². The zero-order chi connectivity index (χ0) is 16.1. The largest absolute Gasteiger partial charge is 0.360 e. The van der Waals surface area contributed by atoms with E-state index >= 15 is 0 Å². The quantitative estimate of drug-likeness (QED) is 0.814. The van der Waals surface area contributed by atoms with Crippen molar-refractivity contribution in [3.63, 3.8) is 0 Å². The Morgan fingerprint density at radius 1 is 1.35 bits per heavy atom. The number of carbonyl (C=O) groups is 1. The molecule has 23 heavy (non-hydrogen) atoms. The van der Waals surface area contributed by atoms with E-state index in [0.717, 1.165) is 32.2 Å². The van der Waals surface area contributed by atoms with Crippen LogP contribution in [0.2, 0.25) is 5.15 Å². The number of likely N-dealkylation sites (tertiary alicyclic amines) is 1. The van der Waals surface area contributed by atoms with Gasteiger partial charge >= 0.3 is 0 Å². The molecule has 1 amide bonds. The normalized spacial score (nSPS) is 17.6. The molecule has 0 saturated carbocycles. The van der Waals surface area contributed by atoms with Crippen molar-refractivity contribution in [2.24, 2.45) is 0 Å². The van der Waals surface area contributed by atoms with Gasteiger partial charge in [0.15, 0.2) is 5.15 Å². The Bertz CT molecular complexity index is 644. The fraction of sp³-hybridized carbons (Fsp3) is 0.471. The van der Waals surface area contributed by atoms with E-state index in [1.54, 1.807) is 6.07 Å². The summed E-state index contributed by atoms with van der Waals surface area (Å²) in [5.74, 6) is 0.852. The maximum atomic E-state index is 12.5. The minimum absolute atomic E-state index is 0.190. The van der Waals surface area contributed by atoms with Crippen LogP contribution < -0.4 is 0 Å². The number of hydrogen-bond acceptors (Lipinski definition) is 4. The summed E-state index contributed by atoms with van der Waals surface area (Å²) in [6.07, 6.45) is 8.78. The fourth-order valence-corrected chi connectivity index (χ4v) is 3.28. The summed E-state index contributed by atoms with van der Waals surface area (Å²) < 4.78 is 5.05. The molecule has 3 heterocycles. The molecule has 3 rings (SSSR count). The van der Waals surface area contributed by atoms with Crippen molar-refractivity contribution in [3.05, 3.63) is 47.1 Å². The minimum atomic E-state index is 0.190. The molecule has 6 heteroatoms. The molecule has 1 aliphatic heterocycles. The number of halogens is 1. The van der Waals surface area contributed by atoms with Crippen molar-refractivity contribution in [1.29, 1.82) is 0 Å². The molecule has 1 aliphatic rings. The Balaban J connectivity index is 1.50. The van der Waals surface area contributed by atoms with Gasteiger partial charge < -0.3 is 9.42 Å². The summed E-state index contributed by atoms with van der Waals surface area (Å²) in [6, 6.07) is 6.08. The average molecular weight is 334 g/mol. The molecule has 0 bridgehead atoms. The van der Waals surface area contributed by atoms with Gasteiger partial charge in [-0.1, -0.05) is 16.8 Å². The van der Waals surface area contributed by atoms with Gasteiger partial charge in [-0.15, -0.1) is 0 Å². The van der Waals surface area contributed by atoms with Gasteiger partial charge in [0.1, 0.15) is 5.76 Å². The van der Waals surface area contributed by atoms with Crippen molar-refractivity contribution in [3.8, 4) is 0 Å². The number of pyridine rings is 1. The molecular weight excluding hydrogens is 314 g/mol. The van der Waals surface area contributed by atoms with Gasteiger partial charge in [-0.25, -0.2) is 0 Å². The molecule has 122 valence electrons. The molecule has 0 aromatic carbocycles. The van der Waals surface area contributed by atoms with Gasteiger partial charge in [-0.2, -0.15) is 0 Å². The van der Waals surface area contributed by atoms with Crippen LogP contribution in [0.4, 0.5) is 0 Å². The molecule has 0 radical (unpaired) electrons. The van der Waals surface area contributed by atoms with Crippen LogP contribution in [-0.2, 0) is 17.6 Å². The van der Waals surface area contributed by atoms with Crippen LogP contribution in [0.3, 0.4) is 0 Å². The van der Waals surface area contributed by atoms with Gasteiger partial charge in [0.25, 0.3) is 0 Å². The molecule has 1 unspecified atom stereocenters. The van der Waals surface area contributed by atoms with Crippen molar-refractivity contribution >= 4 is 17.5 Å². The standard InChI is InChI=1S/C17H20ClN3O2/c18-16-12-15(23-20-16)5-6-17(22)21-11-1-2-14(21)4-3-13-7-9-19-10-8-13/h7-10,12,14H,1-6,11H2. The van der Waals surface area contributed by atoms with Gasteiger partial charge in [-0.3, -0.25) is 9.78 Å². The first kappa shape index (κ1) is 16.0. The van der Waals surface area contributed by atoms with E-state index in [1.807, 2.05) is 29.4 Å². The van der Waals surface area contributed by atoms with Crippen LogP contribution in [0.25, 0.3) is 0 Å². The highest BCUT2D eigenvalue weighted by atomic mass is 35.5. The number of aryl methyl sites for hydroxylation is 2. The van der Waals surface area contributed by atoms with Crippen LogP contribution in [0.15, 0.2) is 35.1 Å². The Labute approximate surface area is 140 Å². The lowest BCUT2D eigenvalue weighted by Crippen LogP contribution is -2.35. The third-order valence-electron chi connectivity index (χ3n) is 4.33. The van der Waals surface area contributed by atoms with E-state index in [1.165, 1.54) is 5.56 Å². The third-order valence-corrected chi connectivity index (χ3v) is 4.51. The summed E-state index contributed by atoms with van der Waals surface area (Å²) in [6.45, 7) is 0.858. The van der Waals surface area contributed by atoms with E-state index in [4.69, 9.17) is 16.1 Å². The molecule has 2 aromatic rings. The summed E-state index contributed by atoms with van der Waals surface area (Å²) in [5.41, 5.74) is 1.27. The van der Waals surface area contributed by atoms with E-state index in [-0.39, 0.29) is 5.91 Å². The lowest BCUT2D eigenvalue weighted by atomic mass is 10.0. The zero-order valence-corrected chi connectivity index (χ0v) is 13.7. The second kappa shape index (κ2) is 7.59. The van der Waals surface area contributed by atoms with Gasteiger partial charge in [0, 0.05) is 43.9 Å². The SMILES string of the molecule is O=C(CCc1cc(Cl)no1)N1CCCC1CCc1ccncc1. The second-order valence-electron chi connectivity index (χ2n) is 5.89. The lowest BCUT2D eigenvalue weighted by molar-refractivity contribution is -0.132. The average Bonchev–Trinajstić information content (AvgIpc) is 3.20. The van der Waals surface area contributed by atoms with Crippen molar-refractivity contribution < 1.29 is 9.32 Å². The highest BCUT2D eigenvalue weighted by Gasteiger charge is 2.28. The van der Waals surface area contributed by atoms with Gasteiger partial charge in [0.2, 0.25) is 5.91 Å². The van der Waals surface area contributed by atoms with Crippen LogP contribution >= 0.6 is 11.6 Å². The predicted molar refractivity (Wildman–Crippen MR) is 87.1 cm³/mol. The first-order chi connectivity index (χ1) is 11.2. The number of carbonyl (C=O) groups excluding carboxylic acids is 1. The van der Waals surface area contributed by atoms with Crippen LogP contribution in [0.1, 0.15) is 37.0 Å². The lowest BCUT2D eigenvalue weighted by Gasteiger charge is -2.24. The molecule has 5 nitrogen and oxygen atoms in total. The highest BCUT2D eigenvalue weighted by Crippen LogP contribution is 2.23. The molecule has 1 atom stereocenters. The first-order valence-corrected chi connectivity index (χ1v) is 8.39. The van der Waals surface area contributed by atoms with Crippen molar-refractivity contribution in [2.45, 2.75) is 44.6 Å². The molecule has 1 saturated heterocycles. The zero-order valence-electron chi connectivity index (χ0n) is 12.9. The Kier molecular flexibility index (Phi) is 5.28. The number of aromatic nitrogens is 2. The van der Waals surface area contributed by atoms with Crippen LogP contribution in [0, 0.1) is 0 Å². The smallest absolute Gasteiger partial charge is 0.223 e.